The monoisotopic (exact) mass is 251 g/mol. The van der Waals surface area contributed by atoms with E-state index in [1.165, 1.54) is 12.4 Å². The maximum atomic E-state index is 12.2. The Balaban J connectivity index is 2.86. The van der Waals surface area contributed by atoms with Crippen LogP contribution in [0.2, 0.25) is 0 Å². The maximum absolute atomic E-state index is 12.2. The lowest BCUT2D eigenvalue weighted by molar-refractivity contribution is 0.0623. The number of aromatic nitrogens is 2. The molecule has 1 aromatic rings. The molecule has 0 spiro atoms. The van der Waals surface area contributed by atoms with Gasteiger partial charge in [0, 0.05) is 13.1 Å². The first kappa shape index (κ1) is 14.4. The molecule has 0 fully saturated rings. The fraction of sp³-hybridized carbons (Fsp3) is 0.583. The van der Waals surface area contributed by atoms with Crippen LogP contribution in [0.25, 0.3) is 0 Å². The second-order valence-electron chi connectivity index (χ2n) is 5.39. The Morgan fingerprint density at radius 1 is 1.39 bits per heavy atom. The number of carbonyl (C=O) groups excluding carboxylic acids is 1. The summed E-state index contributed by atoms with van der Waals surface area (Å²) in [5.74, 6) is 5.48. The van der Waals surface area contributed by atoms with Crippen molar-refractivity contribution in [3.63, 3.8) is 0 Å². The number of nitrogens with zero attached hydrogens (tertiary/aromatic N) is 3. The Morgan fingerprint density at radius 2 is 2.00 bits per heavy atom. The van der Waals surface area contributed by atoms with E-state index in [0.717, 1.165) is 0 Å². The molecule has 1 heterocycles. The summed E-state index contributed by atoms with van der Waals surface area (Å²) in [5, 5.41) is 0. The number of anilines is 1. The third kappa shape index (κ3) is 3.16. The molecule has 1 atom stereocenters. The van der Waals surface area contributed by atoms with Crippen LogP contribution in [0.1, 0.15) is 38.2 Å². The van der Waals surface area contributed by atoms with E-state index in [-0.39, 0.29) is 17.4 Å². The van der Waals surface area contributed by atoms with E-state index >= 15 is 0 Å². The van der Waals surface area contributed by atoms with Crippen molar-refractivity contribution in [2.45, 2.75) is 33.7 Å². The molecule has 0 aromatic carbocycles. The molecule has 1 aromatic heterocycles. The zero-order valence-corrected chi connectivity index (χ0v) is 11.6. The van der Waals surface area contributed by atoms with Crippen molar-refractivity contribution >= 4 is 11.7 Å². The highest BCUT2D eigenvalue weighted by molar-refractivity contribution is 5.92. The lowest BCUT2D eigenvalue weighted by Gasteiger charge is -2.35. The minimum absolute atomic E-state index is 0.0105. The average Bonchev–Trinajstić information content (AvgIpc) is 2.35. The van der Waals surface area contributed by atoms with E-state index in [1.54, 1.807) is 11.9 Å². The Bertz CT molecular complexity index is 409. The highest BCUT2D eigenvalue weighted by Crippen LogP contribution is 2.23. The van der Waals surface area contributed by atoms with Gasteiger partial charge >= 0.3 is 0 Å². The number of nitrogen functional groups attached to an aromatic ring is 1. The zero-order valence-electron chi connectivity index (χ0n) is 11.6. The van der Waals surface area contributed by atoms with Gasteiger partial charge < -0.3 is 10.3 Å². The van der Waals surface area contributed by atoms with Crippen molar-refractivity contribution in [3.8, 4) is 0 Å². The van der Waals surface area contributed by atoms with E-state index in [0.29, 0.717) is 11.5 Å². The number of amides is 1. The second kappa shape index (κ2) is 5.30. The normalized spacial score (nSPS) is 13.0. The molecule has 0 aliphatic rings. The molecule has 0 aliphatic carbocycles. The number of rotatable bonds is 3. The summed E-state index contributed by atoms with van der Waals surface area (Å²) in [5.41, 5.74) is 2.69. The number of hydrogen-bond acceptors (Lipinski definition) is 5. The molecule has 6 heteroatoms. The molecule has 1 rings (SSSR count). The van der Waals surface area contributed by atoms with Crippen LogP contribution in [-0.4, -0.2) is 33.9 Å². The van der Waals surface area contributed by atoms with Gasteiger partial charge in [-0.2, -0.15) is 0 Å². The fourth-order valence-corrected chi connectivity index (χ4v) is 1.45. The quantitative estimate of drug-likeness (QED) is 0.624. The van der Waals surface area contributed by atoms with E-state index in [9.17, 15) is 4.79 Å². The van der Waals surface area contributed by atoms with Gasteiger partial charge in [-0.05, 0) is 12.3 Å². The number of hydrogen-bond donors (Lipinski definition) is 2. The number of carbonyl (C=O) groups is 1. The largest absolute Gasteiger partial charge is 0.337 e. The van der Waals surface area contributed by atoms with Gasteiger partial charge in [-0.15, -0.1) is 0 Å². The third-order valence-corrected chi connectivity index (χ3v) is 3.17. The van der Waals surface area contributed by atoms with Gasteiger partial charge in [0.2, 0.25) is 0 Å². The summed E-state index contributed by atoms with van der Waals surface area (Å²) in [4.78, 5) is 21.9. The number of nitrogens with two attached hydrogens (primary N) is 1. The van der Waals surface area contributed by atoms with Crippen LogP contribution in [0, 0.1) is 5.41 Å². The smallest absolute Gasteiger partial charge is 0.274 e. The summed E-state index contributed by atoms with van der Waals surface area (Å²) >= 11 is 0. The summed E-state index contributed by atoms with van der Waals surface area (Å²) in [6, 6.07) is 0.0964. The molecule has 1 unspecified atom stereocenters. The van der Waals surface area contributed by atoms with Crippen molar-refractivity contribution in [3.05, 3.63) is 18.1 Å². The van der Waals surface area contributed by atoms with Gasteiger partial charge in [-0.3, -0.25) is 4.79 Å². The third-order valence-electron chi connectivity index (χ3n) is 3.17. The molecule has 0 bridgehead atoms. The predicted octanol–water partition coefficient (Wildman–Crippen LogP) is 1.27. The minimum Gasteiger partial charge on any atom is -0.337 e. The van der Waals surface area contributed by atoms with Gasteiger partial charge in [0.25, 0.3) is 5.91 Å². The molecule has 100 valence electrons. The highest BCUT2D eigenvalue weighted by atomic mass is 16.2. The summed E-state index contributed by atoms with van der Waals surface area (Å²) in [6.45, 7) is 8.29. The molecular weight excluding hydrogens is 230 g/mol. The topological polar surface area (TPSA) is 84.1 Å². The van der Waals surface area contributed by atoms with Crippen LogP contribution in [0.3, 0.4) is 0 Å². The Labute approximate surface area is 108 Å². The van der Waals surface area contributed by atoms with E-state index in [4.69, 9.17) is 5.84 Å². The Kier molecular flexibility index (Phi) is 4.24. The maximum Gasteiger partial charge on any atom is 0.274 e. The zero-order chi connectivity index (χ0) is 13.9. The van der Waals surface area contributed by atoms with Gasteiger partial charge in [0.1, 0.15) is 5.69 Å². The molecule has 0 saturated heterocycles. The molecule has 6 nitrogen and oxygen atoms in total. The van der Waals surface area contributed by atoms with Crippen LogP contribution in [0.15, 0.2) is 12.4 Å². The van der Waals surface area contributed by atoms with Gasteiger partial charge in [0.15, 0.2) is 5.82 Å². The molecule has 0 saturated carbocycles. The molecule has 1 amide bonds. The molecule has 0 aliphatic heterocycles. The fourth-order valence-electron chi connectivity index (χ4n) is 1.45. The van der Waals surface area contributed by atoms with Gasteiger partial charge in [-0.1, -0.05) is 20.8 Å². The van der Waals surface area contributed by atoms with Crippen molar-refractivity contribution in [1.82, 2.24) is 14.9 Å². The van der Waals surface area contributed by atoms with Crippen LogP contribution in [-0.2, 0) is 0 Å². The van der Waals surface area contributed by atoms with Crippen LogP contribution >= 0.6 is 0 Å². The molecular formula is C12H21N5O. The van der Waals surface area contributed by atoms with E-state index in [1.807, 2.05) is 6.92 Å². The first-order valence-electron chi connectivity index (χ1n) is 5.83. The predicted molar refractivity (Wildman–Crippen MR) is 70.9 cm³/mol. The van der Waals surface area contributed by atoms with Crippen LogP contribution in [0.5, 0.6) is 0 Å². The molecule has 3 N–H and O–H groups in total. The highest BCUT2D eigenvalue weighted by Gasteiger charge is 2.28. The average molecular weight is 251 g/mol. The first-order valence-corrected chi connectivity index (χ1v) is 5.83. The van der Waals surface area contributed by atoms with Crippen LogP contribution in [0.4, 0.5) is 5.82 Å². The van der Waals surface area contributed by atoms with E-state index < -0.39 is 0 Å². The summed E-state index contributed by atoms with van der Waals surface area (Å²) in [7, 11) is 1.77. The Hall–Kier alpha value is -1.69. The number of nitrogens with one attached hydrogen (secondary N) is 1. The summed E-state index contributed by atoms with van der Waals surface area (Å²) in [6.07, 6.45) is 2.85. The second-order valence-corrected chi connectivity index (χ2v) is 5.39. The van der Waals surface area contributed by atoms with E-state index in [2.05, 4.69) is 36.2 Å². The van der Waals surface area contributed by atoms with Crippen LogP contribution < -0.4 is 11.3 Å². The minimum atomic E-state index is -0.145. The SMILES string of the molecule is CC(N(C)C(=O)c1cnc(NN)cn1)C(C)(C)C. The lowest BCUT2D eigenvalue weighted by atomic mass is 9.87. The van der Waals surface area contributed by atoms with Crippen molar-refractivity contribution in [1.29, 1.82) is 0 Å². The molecule has 18 heavy (non-hydrogen) atoms. The van der Waals surface area contributed by atoms with Crippen molar-refractivity contribution in [2.75, 3.05) is 12.5 Å². The molecule has 0 radical (unpaired) electrons. The van der Waals surface area contributed by atoms with Crippen molar-refractivity contribution in [2.24, 2.45) is 11.3 Å². The lowest BCUT2D eigenvalue weighted by Crippen LogP contribution is -2.43. The first-order chi connectivity index (χ1) is 8.27. The Morgan fingerprint density at radius 3 is 2.39 bits per heavy atom. The summed E-state index contributed by atoms with van der Waals surface area (Å²) < 4.78 is 0. The van der Waals surface area contributed by atoms with Gasteiger partial charge in [-0.25, -0.2) is 15.8 Å². The van der Waals surface area contributed by atoms with Crippen molar-refractivity contribution < 1.29 is 4.79 Å². The number of hydrazine groups is 1. The van der Waals surface area contributed by atoms with Gasteiger partial charge in [0.05, 0.1) is 12.4 Å². The standard InChI is InChI=1S/C12H21N5O/c1-8(12(2,3)4)17(5)11(18)9-6-15-10(16-13)7-14-9/h6-8H,13H2,1-5H3,(H,15,16).